The first-order valence-electron chi connectivity index (χ1n) is 5.16. The number of anilines is 1. The summed E-state index contributed by atoms with van der Waals surface area (Å²) in [7, 11) is 0. The first kappa shape index (κ1) is 14.0. The van der Waals surface area contributed by atoms with Gasteiger partial charge in [-0.1, -0.05) is 6.07 Å². The number of rotatable bonds is 5. The van der Waals surface area contributed by atoms with Crippen molar-refractivity contribution < 1.29 is 4.39 Å². The Balaban J connectivity index is 0.00000144. The molecule has 0 fully saturated rings. The fourth-order valence-electron chi connectivity index (χ4n) is 1.49. The third-order valence-corrected chi connectivity index (χ3v) is 3.17. The summed E-state index contributed by atoms with van der Waals surface area (Å²) in [4.78, 5) is 1.28. The molecule has 0 bridgehead atoms. The van der Waals surface area contributed by atoms with Crippen molar-refractivity contribution in [2.45, 2.75) is 20.0 Å². The molecule has 0 aromatic carbocycles. The minimum absolute atomic E-state index is 0. The van der Waals surface area contributed by atoms with Gasteiger partial charge in [0.1, 0.15) is 6.67 Å². The highest BCUT2D eigenvalue weighted by Crippen LogP contribution is 2.15. The van der Waals surface area contributed by atoms with Crippen molar-refractivity contribution in [3.05, 3.63) is 34.3 Å². The van der Waals surface area contributed by atoms with Crippen molar-refractivity contribution >= 4 is 29.4 Å². The minimum atomic E-state index is -0.383. The molecule has 0 spiro atoms. The lowest BCUT2D eigenvalue weighted by atomic mass is 10.4. The predicted octanol–water partition coefficient (Wildman–Crippen LogP) is 3.26. The van der Waals surface area contributed by atoms with E-state index in [1.807, 2.05) is 19.2 Å². The number of hydrogen-bond donors (Lipinski definition) is 1. The average molecular weight is 276 g/mol. The Morgan fingerprint density at radius 3 is 3.00 bits per heavy atom. The standard InChI is InChI=1S/C11H14FN3S.ClH/c1-9-11(8-15(14-9)5-4-12)13-7-10-3-2-6-16-10;/h2-3,6,8,13H,4-5,7H2,1H3;1H. The number of nitrogens with zero attached hydrogens (tertiary/aromatic N) is 2. The molecular formula is C11H15ClFN3S. The van der Waals surface area contributed by atoms with Gasteiger partial charge in [0.25, 0.3) is 0 Å². The Kier molecular flexibility index (Phi) is 5.44. The van der Waals surface area contributed by atoms with Crippen LogP contribution in [0.2, 0.25) is 0 Å². The zero-order chi connectivity index (χ0) is 11.4. The Morgan fingerprint density at radius 1 is 1.53 bits per heavy atom. The summed E-state index contributed by atoms with van der Waals surface area (Å²) < 4.78 is 13.8. The van der Waals surface area contributed by atoms with Crippen molar-refractivity contribution in [2.24, 2.45) is 0 Å². The van der Waals surface area contributed by atoms with Crippen molar-refractivity contribution in [3.8, 4) is 0 Å². The maximum Gasteiger partial charge on any atom is 0.109 e. The molecule has 0 amide bonds. The molecule has 0 saturated heterocycles. The zero-order valence-corrected chi connectivity index (χ0v) is 11.2. The summed E-state index contributed by atoms with van der Waals surface area (Å²) in [5.41, 5.74) is 1.88. The van der Waals surface area contributed by atoms with E-state index < -0.39 is 0 Å². The van der Waals surface area contributed by atoms with Gasteiger partial charge in [-0.2, -0.15) is 5.10 Å². The van der Waals surface area contributed by atoms with E-state index in [1.54, 1.807) is 16.0 Å². The number of thiophene rings is 1. The number of alkyl halides is 1. The fourth-order valence-corrected chi connectivity index (χ4v) is 2.13. The highest BCUT2D eigenvalue weighted by Gasteiger charge is 2.04. The van der Waals surface area contributed by atoms with Crippen LogP contribution < -0.4 is 5.32 Å². The maximum atomic E-state index is 12.1. The van der Waals surface area contributed by atoms with Crippen LogP contribution in [0.5, 0.6) is 0 Å². The summed E-state index contributed by atoms with van der Waals surface area (Å²) in [6.45, 7) is 2.65. The van der Waals surface area contributed by atoms with Gasteiger partial charge in [-0.15, -0.1) is 23.7 Å². The molecule has 2 heterocycles. The summed E-state index contributed by atoms with van der Waals surface area (Å²) in [6, 6.07) is 4.11. The van der Waals surface area contributed by atoms with Crippen LogP contribution >= 0.6 is 23.7 Å². The number of halogens is 2. The van der Waals surface area contributed by atoms with E-state index in [2.05, 4.69) is 21.9 Å². The molecule has 6 heteroatoms. The highest BCUT2D eigenvalue weighted by molar-refractivity contribution is 7.09. The molecular weight excluding hydrogens is 261 g/mol. The van der Waals surface area contributed by atoms with Gasteiger partial charge in [0.15, 0.2) is 0 Å². The highest BCUT2D eigenvalue weighted by atomic mass is 35.5. The third kappa shape index (κ3) is 3.71. The van der Waals surface area contributed by atoms with E-state index in [1.165, 1.54) is 4.88 Å². The topological polar surface area (TPSA) is 29.9 Å². The molecule has 2 aromatic heterocycles. The van der Waals surface area contributed by atoms with Gasteiger partial charge in [-0.25, -0.2) is 4.39 Å². The Morgan fingerprint density at radius 2 is 2.35 bits per heavy atom. The van der Waals surface area contributed by atoms with Crippen LogP contribution in [0.15, 0.2) is 23.7 Å². The van der Waals surface area contributed by atoms with E-state index >= 15 is 0 Å². The number of aryl methyl sites for hydroxylation is 2. The molecule has 0 aliphatic rings. The second-order valence-electron chi connectivity index (χ2n) is 3.51. The number of nitrogens with one attached hydrogen (secondary N) is 1. The molecule has 0 atom stereocenters. The van der Waals surface area contributed by atoms with Gasteiger partial charge in [0.05, 0.1) is 17.9 Å². The van der Waals surface area contributed by atoms with Crippen molar-refractivity contribution in [1.29, 1.82) is 0 Å². The first-order chi connectivity index (χ1) is 7.79. The molecule has 2 aromatic rings. The molecule has 17 heavy (non-hydrogen) atoms. The van der Waals surface area contributed by atoms with Crippen LogP contribution in [0, 0.1) is 6.92 Å². The maximum absolute atomic E-state index is 12.1. The SMILES string of the molecule is Cc1nn(CCF)cc1NCc1cccs1.Cl. The molecule has 3 nitrogen and oxygen atoms in total. The minimum Gasteiger partial charge on any atom is -0.377 e. The molecule has 0 aliphatic carbocycles. The van der Waals surface area contributed by atoms with E-state index in [0.29, 0.717) is 6.54 Å². The van der Waals surface area contributed by atoms with Gasteiger partial charge < -0.3 is 5.32 Å². The smallest absolute Gasteiger partial charge is 0.109 e. The van der Waals surface area contributed by atoms with Crippen LogP contribution in [-0.2, 0) is 13.1 Å². The molecule has 94 valence electrons. The third-order valence-electron chi connectivity index (χ3n) is 2.29. The van der Waals surface area contributed by atoms with Gasteiger partial charge in [-0.05, 0) is 18.4 Å². The molecule has 1 N–H and O–H groups in total. The Hall–Kier alpha value is -1.07. The summed E-state index contributed by atoms with van der Waals surface area (Å²) in [5.74, 6) is 0. The van der Waals surface area contributed by atoms with Crippen LogP contribution in [0.4, 0.5) is 10.1 Å². The van der Waals surface area contributed by atoms with E-state index in [9.17, 15) is 4.39 Å². The van der Waals surface area contributed by atoms with Crippen LogP contribution in [0.3, 0.4) is 0 Å². The Labute approximate surface area is 110 Å². The van der Waals surface area contributed by atoms with Crippen LogP contribution in [-0.4, -0.2) is 16.5 Å². The lowest BCUT2D eigenvalue weighted by Crippen LogP contribution is -1.99. The first-order valence-corrected chi connectivity index (χ1v) is 6.04. The van der Waals surface area contributed by atoms with Gasteiger partial charge in [0.2, 0.25) is 0 Å². The second kappa shape index (κ2) is 6.61. The normalized spacial score (nSPS) is 10.0. The predicted molar refractivity (Wildman–Crippen MR) is 71.8 cm³/mol. The zero-order valence-electron chi connectivity index (χ0n) is 9.52. The summed E-state index contributed by atoms with van der Waals surface area (Å²) in [6.07, 6.45) is 1.85. The second-order valence-corrected chi connectivity index (χ2v) is 4.55. The number of aromatic nitrogens is 2. The van der Waals surface area contributed by atoms with E-state index in [0.717, 1.165) is 17.9 Å². The quantitative estimate of drug-likeness (QED) is 0.908. The monoisotopic (exact) mass is 275 g/mol. The Bertz CT molecular complexity index is 442. The van der Waals surface area contributed by atoms with Crippen molar-refractivity contribution in [3.63, 3.8) is 0 Å². The van der Waals surface area contributed by atoms with E-state index in [-0.39, 0.29) is 19.1 Å². The fraction of sp³-hybridized carbons (Fsp3) is 0.364. The molecule has 0 saturated carbocycles. The summed E-state index contributed by atoms with van der Waals surface area (Å²) >= 11 is 1.72. The van der Waals surface area contributed by atoms with Crippen LogP contribution in [0.1, 0.15) is 10.6 Å². The van der Waals surface area contributed by atoms with Gasteiger partial charge in [0, 0.05) is 17.6 Å². The van der Waals surface area contributed by atoms with Gasteiger partial charge >= 0.3 is 0 Å². The molecule has 2 rings (SSSR count). The largest absolute Gasteiger partial charge is 0.377 e. The number of hydrogen-bond acceptors (Lipinski definition) is 3. The lowest BCUT2D eigenvalue weighted by Gasteiger charge is -2.01. The summed E-state index contributed by atoms with van der Waals surface area (Å²) in [5, 5.41) is 9.57. The van der Waals surface area contributed by atoms with Crippen LogP contribution in [0.25, 0.3) is 0 Å². The molecule has 0 radical (unpaired) electrons. The van der Waals surface area contributed by atoms with Crippen molar-refractivity contribution in [1.82, 2.24) is 9.78 Å². The average Bonchev–Trinajstić information content (AvgIpc) is 2.86. The molecule has 0 aliphatic heterocycles. The lowest BCUT2D eigenvalue weighted by molar-refractivity contribution is 0.426. The van der Waals surface area contributed by atoms with E-state index in [4.69, 9.17) is 0 Å². The van der Waals surface area contributed by atoms with Crippen molar-refractivity contribution in [2.75, 3.05) is 12.0 Å². The van der Waals surface area contributed by atoms with Gasteiger partial charge in [-0.3, -0.25) is 4.68 Å². The molecule has 0 unspecified atom stereocenters.